The van der Waals surface area contributed by atoms with Crippen molar-refractivity contribution in [1.29, 1.82) is 0 Å². The van der Waals surface area contributed by atoms with Gasteiger partial charge in [-0.3, -0.25) is 10.1 Å². The van der Waals surface area contributed by atoms with Gasteiger partial charge in [-0.05, 0) is 37.3 Å². The average molecular weight is 278 g/mol. The molecule has 2 aliphatic heterocycles. The lowest BCUT2D eigenvalue weighted by molar-refractivity contribution is -0.385. The molecule has 3 atom stereocenters. The van der Waals surface area contributed by atoms with Gasteiger partial charge in [0.1, 0.15) is 0 Å². The van der Waals surface area contributed by atoms with Gasteiger partial charge in [-0.1, -0.05) is 6.07 Å². The third-order valence-electron chi connectivity index (χ3n) is 4.33. The van der Waals surface area contributed by atoms with Crippen LogP contribution in [0.4, 0.5) is 5.69 Å². The lowest BCUT2D eigenvalue weighted by atomic mass is 9.78. The van der Waals surface area contributed by atoms with E-state index in [1.807, 2.05) is 6.07 Å². The molecule has 1 aromatic rings. The molecule has 2 heterocycles. The number of nitrogens with two attached hydrogens (primary N) is 1. The molecule has 108 valence electrons. The number of hydrogen-bond acceptors (Lipinski definition) is 5. The first-order valence-corrected chi connectivity index (χ1v) is 6.77. The van der Waals surface area contributed by atoms with Crippen LogP contribution in [0.2, 0.25) is 0 Å². The maximum atomic E-state index is 11.0. The first-order valence-electron chi connectivity index (χ1n) is 6.77. The quantitative estimate of drug-likeness (QED) is 0.670. The van der Waals surface area contributed by atoms with Gasteiger partial charge in [0.2, 0.25) is 0 Å². The standard InChI is InChI=1S/C14H18N2O4/c1-19-12-4-2-9(6-11(12)16(17)18)7-14(15)8-10-3-5-13(14)20-10/h2,4,6,10,13H,3,5,7-8,15H2,1H3. The second-order valence-corrected chi connectivity index (χ2v) is 5.70. The zero-order valence-electron chi connectivity index (χ0n) is 11.4. The highest BCUT2D eigenvalue weighted by Gasteiger charge is 2.49. The van der Waals surface area contributed by atoms with Crippen molar-refractivity contribution in [3.05, 3.63) is 33.9 Å². The molecule has 0 radical (unpaired) electrons. The third-order valence-corrected chi connectivity index (χ3v) is 4.33. The van der Waals surface area contributed by atoms with Crippen LogP contribution in [0.25, 0.3) is 0 Å². The average Bonchev–Trinajstić information content (AvgIpc) is 2.98. The van der Waals surface area contributed by atoms with Gasteiger partial charge in [-0.15, -0.1) is 0 Å². The molecule has 6 heteroatoms. The third kappa shape index (κ3) is 2.14. The molecule has 2 N–H and O–H groups in total. The summed E-state index contributed by atoms with van der Waals surface area (Å²) in [6.07, 6.45) is 3.83. The Bertz CT molecular complexity index is 548. The second kappa shape index (κ2) is 4.71. The van der Waals surface area contributed by atoms with Crippen LogP contribution in [-0.2, 0) is 11.2 Å². The van der Waals surface area contributed by atoms with E-state index in [1.165, 1.54) is 7.11 Å². The van der Waals surface area contributed by atoms with E-state index in [4.69, 9.17) is 15.2 Å². The molecule has 0 aliphatic carbocycles. The van der Waals surface area contributed by atoms with E-state index in [0.717, 1.165) is 24.8 Å². The highest BCUT2D eigenvalue weighted by Crippen LogP contribution is 2.42. The summed E-state index contributed by atoms with van der Waals surface area (Å²) in [5, 5.41) is 11.0. The van der Waals surface area contributed by atoms with Crippen molar-refractivity contribution in [3.63, 3.8) is 0 Å². The zero-order valence-corrected chi connectivity index (χ0v) is 11.4. The smallest absolute Gasteiger partial charge is 0.311 e. The Labute approximate surface area is 117 Å². The monoisotopic (exact) mass is 278 g/mol. The summed E-state index contributed by atoms with van der Waals surface area (Å²) in [5.41, 5.74) is 6.89. The summed E-state index contributed by atoms with van der Waals surface area (Å²) in [6, 6.07) is 5.02. The SMILES string of the molecule is COc1ccc(CC2(N)CC3CCC2O3)cc1[N+](=O)[O-]. The number of fused-ring (bicyclic) bond motifs is 2. The van der Waals surface area contributed by atoms with Gasteiger partial charge in [0, 0.05) is 11.6 Å². The largest absolute Gasteiger partial charge is 0.490 e. The number of nitro benzene ring substituents is 1. The Morgan fingerprint density at radius 3 is 2.90 bits per heavy atom. The van der Waals surface area contributed by atoms with E-state index in [0.29, 0.717) is 6.42 Å². The molecule has 20 heavy (non-hydrogen) atoms. The predicted molar refractivity (Wildman–Crippen MR) is 72.8 cm³/mol. The summed E-state index contributed by atoms with van der Waals surface area (Å²) in [7, 11) is 1.43. The second-order valence-electron chi connectivity index (χ2n) is 5.70. The molecule has 3 rings (SSSR count). The molecule has 2 bridgehead atoms. The number of nitro groups is 1. The van der Waals surface area contributed by atoms with Gasteiger partial charge in [-0.25, -0.2) is 0 Å². The van der Waals surface area contributed by atoms with Gasteiger partial charge in [0.25, 0.3) is 0 Å². The summed E-state index contributed by atoms with van der Waals surface area (Å²) in [5.74, 6) is 0.272. The van der Waals surface area contributed by atoms with E-state index >= 15 is 0 Å². The fraction of sp³-hybridized carbons (Fsp3) is 0.571. The number of rotatable bonds is 4. The lowest BCUT2D eigenvalue weighted by Gasteiger charge is -2.31. The van der Waals surface area contributed by atoms with Crippen LogP contribution in [0, 0.1) is 10.1 Å². The number of ether oxygens (including phenoxy) is 2. The van der Waals surface area contributed by atoms with Crippen LogP contribution < -0.4 is 10.5 Å². The zero-order chi connectivity index (χ0) is 14.3. The molecule has 0 saturated carbocycles. The van der Waals surface area contributed by atoms with Crippen molar-refractivity contribution in [3.8, 4) is 5.75 Å². The fourth-order valence-electron chi connectivity index (χ4n) is 3.39. The van der Waals surface area contributed by atoms with Crippen molar-refractivity contribution in [2.24, 2.45) is 5.73 Å². The minimum atomic E-state index is -0.428. The molecule has 2 saturated heterocycles. The number of methoxy groups -OCH3 is 1. The molecular formula is C14H18N2O4. The van der Waals surface area contributed by atoms with Crippen molar-refractivity contribution in [2.75, 3.05) is 7.11 Å². The van der Waals surface area contributed by atoms with Crippen LogP contribution in [0.5, 0.6) is 5.75 Å². The highest BCUT2D eigenvalue weighted by atomic mass is 16.6. The molecule has 3 unspecified atom stereocenters. The molecule has 0 amide bonds. The predicted octanol–water partition coefficient (Wildman–Crippen LogP) is 1.79. The van der Waals surface area contributed by atoms with Gasteiger partial charge >= 0.3 is 5.69 Å². The van der Waals surface area contributed by atoms with Crippen LogP contribution in [0.15, 0.2) is 18.2 Å². The van der Waals surface area contributed by atoms with E-state index in [-0.39, 0.29) is 23.6 Å². The van der Waals surface area contributed by atoms with Crippen LogP contribution in [0.1, 0.15) is 24.8 Å². The first kappa shape index (κ1) is 13.3. The van der Waals surface area contributed by atoms with Crippen molar-refractivity contribution in [2.45, 2.75) is 43.4 Å². The number of benzene rings is 1. The molecule has 1 aromatic carbocycles. The van der Waals surface area contributed by atoms with Gasteiger partial charge < -0.3 is 15.2 Å². The van der Waals surface area contributed by atoms with Crippen molar-refractivity contribution in [1.82, 2.24) is 0 Å². The van der Waals surface area contributed by atoms with Gasteiger partial charge in [-0.2, -0.15) is 0 Å². The maximum absolute atomic E-state index is 11.0. The van der Waals surface area contributed by atoms with Gasteiger partial charge in [0.05, 0.1) is 24.2 Å². The molecule has 2 fully saturated rings. The normalized spacial score (nSPS) is 31.5. The van der Waals surface area contributed by atoms with E-state index in [9.17, 15) is 10.1 Å². The molecular weight excluding hydrogens is 260 g/mol. The number of nitrogens with zero attached hydrogens (tertiary/aromatic N) is 1. The van der Waals surface area contributed by atoms with Crippen molar-refractivity contribution < 1.29 is 14.4 Å². The highest BCUT2D eigenvalue weighted by molar-refractivity contribution is 5.49. The van der Waals surface area contributed by atoms with Crippen LogP contribution in [-0.4, -0.2) is 29.8 Å². The Hall–Kier alpha value is -1.66. The minimum absolute atomic E-state index is 0.0160. The molecule has 2 aliphatic rings. The topological polar surface area (TPSA) is 87.6 Å². The summed E-state index contributed by atoms with van der Waals surface area (Å²) >= 11 is 0. The van der Waals surface area contributed by atoms with Crippen LogP contribution >= 0.6 is 0 Å². The minimum Gasteiger partial charge on any atom is -0.490 e. The number of hydrogen-bond donors (Lipinski definition) is 1. The molecule has 0 aromatic heterocycles. The maximum Gasteiger partial charge on any atom is 0.311 e. The Kier molecular flexibility index (Phi) is 3.14. The van der Waals surface area contributed by atoms with E-state index in [2.05, 4.69) is 0 Å². The summed E-state index contributed by atoms with van der Waals surface area (Å²) < 4.78 is 10.8. The molecule has 0 spiro atoms. The van der Waals surface area contributed by atoms with Crippen molar-refractivity contribution >= 4 is 5.69 Å². The van der Waals surface area contributed by atoms with E-state index in [1.54, 1.807) is 12.1 Å². The molecule has 6 nitrogen and oxygen atoms in total. The Balaban J connectivity index is 1.84. The summed E-state index contributed by atoms with van der Waals surface area (Å²) in [6.45, 7) is 0. The lowest BCUT2D eigenvalue weighted by Crippen LogP contribution is -2.50. The Morgan fingerprint density at radius 2 is 2.35 bits per heavy atom. The fourth-order valence-corrected chi connectivity index (χ4v) is 3.39. The van der Waals surface area contributed by atoms with Crippen LogP contribution in [0.3, 0.4) is 0 Å². The van der Waals surface area contributed by atoms with Gasteiger partial charge in [0.15, 0.2) is 5.75 Å². The van der Waals surface area contributed by atoms with E-state index < -0.39 is 10.5 Å². The summed E-state index contributed by atoms with van der Waals surface area (Å²) in [4.78, 5) is 10.6. The Morgan fingerprint density at radius 1 is 1.55 bits per heavy atom. The first-order chi connectivity index (χ1) is 9.51.